The number of aliphatic carboxylic acids is 4. The Bertz CT molecular complexity index is 572. The normalized spacial score (nSPS) is 16.1. The fourth-order valence-electron chi connectivity index (χ4n) is 4.16. The highest BCUT2D eigenvalue weighted by atomic mass is 16.4. The van der Waals surface area contributed by atoms with E-state index in [9.17, 15) is 39.6 Å². The molecule has 0 amide bonds. The minimum Gasteiger partial charge on any atom is -0.480 e. The molecule has 0 heterocycles. The Labute approximate surface area is 151 Å². The van der Waals surface area contributed by atoms with Crippen molar-refractivity contribution in [3.8, 4) is 0 Å². The van der Waals surface area contributed by atoms with Gasteiger partial charge in [-0.3, -0.25) is 19.2 Å². The van der Waals surface area contributed by atoms with E-state index in [0.29, 0.717) is 12.8 Å². The van der Waals surface area contributed by atoms with E-state index in [0.717, 1.165) is 0 Å². The maximum Gasteiger partial charge on any atom is 0.325 e. The van der Waals surface area contributed by atoms with Crippen LogP contribution < -0.4 is 0 Å². The first-order valence-corrected chi connectivity index (χ1v) is 8.55. The summed E-state index contributed by atoms with van der Waals surface area (Å²) in [6, 6.07) is 0. The van der Waals surface area contributed by atoms with Crippen molar-refractivity contribution < 1.29 is 39.6 Å². The van der Waals surface area contributed by atoms with E-state index in [1.807, 2.05) is 0 Å². The molecule has 0 aromatic heterocycles. The predicted octanol–water partition coefficient (Wildman–Crippen LogP) is 2.48. The van der Waals surface area contributed by atoms with Crippen molar-refractivity contribution in [2.75, 3.05) is 0 Å². The van der Waals surface area contributed by atoms with Crippen molar-refractivity contribution in [1.29, 1.82) is 0 Å². The highest BCUT2D eigenvalue weighted by Gasteiger charge is 2.60. The second-order valence-electron chi connectivity index (χ2n) is 7.31. The van der Waals surface area contributed by atoms with Crippen molar-refractivity contribution in [3.63, 3.8) is 0 Å². The number of hydrogen-bond donors (Lipinski definition) is 4. The van der Waals surface area contributed by atoms with Crippen LogP contribution in [0.3, 0.4) is 0 Å². The van der Waals surface area contributed by atoms with Gasteiger partial charge in [0, 0.05) is 0 Å². The third kappa shape index (κ3) is 2.87. The largest absolute Gasteiger partial charge is 0.480 e. The molecule has 146 valence electrons. The molecule has 0 aromatic rings. The Morgan fingerprint density at radius 1 is 0.654 bits per heavy atom. The molecule has 1 aliphatic rings. The van der Waals surface area contributed by atoms with E-state index in [2.05, 4.69) is 0 Å². The lowest BCUT2D eigenvalue weighted by molar-refractivity contribution is -0.169. The number of carboxylic acids is 4. The van der Waals surface area contributed by atoms with Gasteiger partial charge in [-0.25, -0.2) is 0 Å². The Kier molecular flexibility index (Phi) is 6.22. The Balaban J connectivity index is 4.07. The van der Waals surface area contributed by atoms with Gasteiger partial charge in [0.1, 0.15) is 0 Å². The number of carbonyl (C=O) groups is 4. The molecular formula is C18H26O8. The zero-order valence-corrected chi connectivity index (χ0v) is 15.4. The van der Waals surface area contributed by atoms with Gasteiger partial charge in [-0.1, -0.05) is 27.7 Å². The van der Waals surface area contributed by atoms with Crippen LogP contribution in [0.4, 0.5) is 0 Å². The van der Waals surface area contributed by atoms with Gasteiger partial charge in [0.05, 0.1) is 0 Å². The third-order valence-corrected chi connectivity index (χ3v) is 5.50. The number of hydrogen-bond acceptors (Lipinski definition) is 4. The van der Waals surface area contributed by atoms with E-state index in [-0.39, 0.29) is 24.0 Å². The average Bonchev–Trinajstić information content (AvgIpc) is 2.47. The van der Waals surface area contributed by atoms with E-state index in [1.54, 1.807) is 0 Å². The standard InChI is InChI=1S/C18H26O8/c1-9(2)17(13(19)20,14(21)22)11-7-5-6-8-12(11)18(10(3)4,15(23)24)16(25)26/h9-10H,5-8H2,1-4H3,(H,19,20)(H,21,22)(H,23,24)(H,25,26). The molecule has 8 nitrogen and oxygen atoms in total. The van der Waals surface area contributed by atoms with E-state index in [1.165, 1.54) is 27.7 Å². The first-order chi connectivity index (χ1) is 11.9. The van der Waals surface area contributed by atoms with Crippen molar-refractivity contribution >= 4 is 23.9 Å². The van der Waals surface area contributed by atoms with Crippen LogP contribution in [-0.2, 0) is 19.2 Å². The van der Waals surface area contributed by atoms with Crippen LogP contribution >= 0.6 is 0 Å². The van der Waals surface area contributed by atoms with Gasteiger partial charge in [-0.15, -0.1) is 0 Å². The second-order valence-corrected chi connectivity index (χ2v) is 7.31. The smallest absolute Gasteiger partial charge is 0.325 e. The average molecular weight is 370 g/mol. The molecule has 4 N–H and O–H groups in total. The molecule has 0 aliphatic heterocycles. The van der Waals surface area contributed by atoms with Gasteiger partial charge >= 0.3 is 23.9 Å². The summed E-state index contributed by atoms with van der Waals surface area (Å²) in [7, 11) is 0. The summed E-state index contributed by atoms with van der Waals surface area (Å²) in [6.07, 6.45) is 1.03. The van der Waals surface area contributed by atoms with Gasteiger partial charge < -0.3 is 20.4 Å². The zero-order valence-electron chi connectivity index (χ0n) is 15.4. The molecule has 0 bridgehead atoms. The maximum absolute atomic E-state index is 12.1. The van der Waals surface area contributed by atoms with E-state index >= 15 is 0 Å². The first kappa shape index (κ1) is 21.7. The lowest BCUT2D eigenvalue weighted by Crippen LogP contribution is -2.51. The highest BCUT2D eigenvalue weighted by Crippen LogP contribution is 2.51. The van der Waals surface area contributed by atoms with Crippen LogP contribution in [0.5, 0.6) is 0 Å². The van der Waals surface area contributed by atoms with Gasteiger partial charge in [-0.2, -0.15) is 0 Å². The van der Waals surface area contributed by atoms with Crippen molar-refractivity contribution in [1.82, 2.24) is 0 Å². The predicted molar refractivity (Wildman–Crippen MR) is 90.6 cm³/mol. The van der Waals surface area contributed by atoms with E-state index in [4.69, 9.17) is 0 Å². The molecular weight excluding hydrogens is 344 g/mol. The van der Waals surface area contributed by atoms with Crippen molar-refractivity contribution in [2.45, 2.75) is 53.4 Å². The monoisotopic (exact) mass is 370 g/mol. The number of rotatable bonds is 8. The third-order valence-electron chi connectivity index (χ3n) is 5.50. The van der Waals surface area contributed by atoms with Gasteiger partial charge in [-0.05, 0) is 48.7 Å². The molecule has 8 heteroatoms. The summed E-state index contributed by atoms with van der Waals surface area (Å²) in [5, 5.41) is 39.2. The summed E-state index contributed by atoms with van der Waals surface area (Å²) in [4.78, 5) is 48.3. The quantitative estimate of drug-likeness (QED) is 0.376. The lowest BCUT2D eigenvalue weighted by atomic mass is 9.59. The van der Waals surface area contributed by atoms with Crippen LogP contribution in [-0.4, -0.2) is 44.3 Å². The SMILES string of the molecule is CC(C)C(C(=O)O)(C(=O)O)C1=C(C(C(=O)O)(C(=O)O)C(C)C)CCCC1. The summed E-state index contributed by atoms with van der Waals surface area (Å²) >= 11 is 0. The van der Waals surface area contributed by atoms with Crippen LogP contribution in [0.25, 0.3) is 0 Å². The van der Waals surface area contributed by atoms with Crippen molar-refractivity contribution in [3.05, 3.63) is 11.1 Å². The molecule has 0 spiro atoms. The summed E-state index contributed by atoms with van der Waals surface area (Å²) in [5.74, 6) is -8.22. The molecule has 0 fully saturated rings. The molecule has 0 aromatic carbocycles. The maximum atomic E-state index is 12.1. The summed E-state index contributed by atoms with van der Waals surface area (Å²) < 4.78 is 0. The van der Waals surface area contributed by atoms with Crippen molar-refractivity contribution in [2.24, 2.45) is 22.7 Å². The fraction of sp³-hybridized carbons (Fsp3) is 0.667. The molecule has 0 unspecified atom stereocenters. The number of carboxylic acid groups (broad SMARTS) is 4. The molecule has 0 saturated carbocycles. The van der Waals surface area contributed by atoms with Crippen LogP contribution in [0.2, 0.25) is 0 Å². The topological polar surface area (TPSA) is 149 Å². The van der Waals surface area contributed by atoms with E-state index < -0.39 is 46.5 Å². The molecule has 0 atom stereocenters. The Morgan fingerprint density at radius 3 is 1.04 bits per heavy atom. The molecule has 1 rings (SSSR count). The summed E-state index contributed by atoms with van der Waals surface area (Å²) in [6.45, 7) is 5.72. The molecule has 0 radical (unpaired) electrons. The van der Waals surface area contributed by atoms with Crippen LogP contribution in [0.15, 0.2) is 11.1 Å². The summed E-state index contributed by atoms with van der Waals surface area (Å²) in [5.41, 5.74) is -4.89. The lowest BCUT2D eigenvalue weighted by Gasteiger charge is -2.41. The molecule has 0 saturated heterocycles. The Morgan fingerprint density at radius 2 is 0.885 bits per heavy atom. The van der Waals surface area contributed by atoms with Gasteiger partial charge in [0.15, 0.2) is 10.8 Å². The van der Waals surface area contributed by atoms with Gasteiger partial charge in [0.25, 0.3) is 0 Å². The molecule has 1 aliphatic carbocycles. The first-order valence-electron chi connectivity index (χ1n) is 8.55. The molecule has 26 heavy (non-hydrogen) atoms. The minimum atomic E-state index is -2.36. The minimum absolute atomic E-state index is 0.0428. The van der Waals surface area contributed by atoms with Gasteiger partial charge in [0.2, 0.25) is 0 Å². The van der Waals surface area contributed by atoms with Crippen LogP contribution in [0, 0.1) is 22.7 Å². The fourth-order valence-corrected chi connectivity index (χ4v) is 4.16. The highest BCUT2D eigenvalue weighted by molar-refractivity contribution is 6.06. The zero-order chi connectivity index (χ0) is 20.4. The van der Waals surface area contributed by atoms with Crippen LogP contribution in [0.1, 0.15) is 53.4 Å². The Hall–Kier alpha value is -2.38. The second kappa shape index (κ2) is 7.47.